The molecule has 1 aromatic heterocycles. The van der Waals surface area contributed by atoms with Crippen molar-refractivity contribution in [2.24, 2.45) is 0 Å². The monoisotopic (exact) mass is 227 g/mol. The van der Waals surface area contributed by atoms with Crippen LogP contribution in [0.25, 0.3) is 10.9 Å². The fourth-order valence-corrected chi connectivity index (χ4v) is 2.03. The number of aromatic amines is 1. The van der Waals surface area contributed by atoms with E-state index in [9.17, 15) is 17.1 Å². The summed E-state index contributed by atoms with van der Waals surface area (Å²) in [4.78, 5) is 12.6. The van der Waals surface area contributed by atoms with Gasteiger partial charge in [-0.15, -0.1) is 3.89 Å². The zero-order chi connectivity index (χ0) is 11.1. The fraction of sp³-hybridized carbons (Fsp3) is 0. The van der Waals surface area contributed by atoms with Crippen LogP contribution in [0.15, 0.2) is 29.3 Å². The van der Waals surface area contributed by atoms with E-state index in [0.29, 0.717) is 17.4 Å². The van der Waals surface area contributed by atoms with Gasteiger partial charge in [-0.2, -0.15) is 8.42 Å². The van der Waals surface area contributed by atoms with Gasteiger partial charge in [-0.05, 0) is 6.07 Å². The highest BCUT2D eigenvalue weighted by Gasteiger charge is 2.17. The number of carbonyl (C=O) groups is 1. The van der Waals surface area contributed by atoms with Gasteiger partial charge in [0, 0.05) is 22.7 Å². The molecule has 0 atom stereocenters. The van der Waals surface area contributed by atoms with E-state index in [0.717, 1.165) is 6.20 Å². The Balaban J connectivity index is 2.78. The van der Waals surface area contributed by atoms with E-state index in [1.54, 1.807) is 0 Å². The summed E-state index contributed by atoms with van der Waals surface area (Å²) in [5, 5.41) is 0.239. The van der Waals surface area contributed by atoms with Crippen molar-refractivity contribution in [2.75, 3.05) is 0 Å². The lowest BCUT2D eigenvalue weighted by molar-refractivity contribution is 0.112. The van der Waals surface area contributed by atoms with Gasteiger partial charge in [0.25, 0.3) is 0 Å². The predicted octanol–water partition coefficient (Wildman–Crippen LogP) is 1.64. The SMILES string of the molecule is O=Cc1ccc2c(S(=O)(=O)F)c[nH]c2c1. The van der Waals surface area contributed by atoms with Crippen molar-refractivity contribution in [1.82, 2.24) is 4.98 Å². The highest BCUT2D eigenvalue weighted by Crippen LogP contribution is 2.24. The number of aldehydes is 1. The summed E-state index contributed by atoms with van der Waals surface area (Å²) in [6.07, 6.45) is 1.69. The smallest absolute Gasteiger partial charge is 0.334 e. The number of hydrogen-bond donors (Lipinski definition) is 1. The minimum Gasteiger partial charge on any atom is -0.360 e. The van der Waals surface area contributed by atoms with E-state index in [-0.39, 0.29) is 5.39 Å². The Hall–Kier alpha value is -1.69. The molecule has 0 fully saturated rings. The molecule has 0 aliphatic carbocycles. The summed E-state index contributed by atoms with van der Waals surface area (Å²) in [7, 11) is -4.73. The third-order valence-electron chi connectivity index (χ3n) is 2.07. The first-order valence-electron chi connectivity index (χ1n) is 4.03. The molecule has 0 amide bonds. The van der Waals surface area contributed by atoms with E-state index in [1.165, 1.54) is 18.2 Å². The molecular formula is C9H6FNO3S. The molecule has 0 radical (unpaired) electrons. The van der Waals surface area contributed by atoms with Gasteiger partial charge in [0.2, 0.25) is 0 Å². The first kappa shape index (κ1) is 9.85. The van der Waals surface area contributed by atoms with Crippen molar-refractivity contribution in [1.29, 1.82) is 0 Å². The molecule has 2 rings (SSSR count). The highest BCUT2D eigenvalue weighted by atomic mass is 32.3. The fourth-order valence-electron chi connectivity index (χ4n) is 1.39. The summed E-state index contributed by atoms with van der Waals surface area (Å²) in [6.45, 7) is 0. The van der Waals surface area contributed by atoms with Crippen molar-refractivity contribution < 1.29 is 17.1 Å². The second kappa shape index (κ2) is 3.16. The van der Waals surface area contributed by atoms with Crippen LogP contribution in [-0.2, 0) is 10.2 Å². The molecule has 0 aliphatic heterocycles. The third-order valence-corrected chi connectivity index (χ3v) is 2.93. The van der Waals surface area contributed by atoms with Crippen LogP contribution in [0, 0.1) is 0 Å². The number of benzene rings is 1. The van der Waals surface area contributed by atoms with Gasteiger partial charge in [0.15, 0.2) is 0 Å². The standard InChI is InChI=1S/C9H6FNO3S/c10-15(13,14)9-4-11-8-3-6(5-12)1-2-7(8)9/h1-5,11H. The summed E-state index contributed by atoms with van der Waals surface area (Å²) >= 11 is 0. The molecule has 78 valence electrons. The van der Waals surface area contributed by atoms with Gasteiger partial charge in [-0.3, -0.25) is 4.79 Å². The molecule has 2 aromatic rings. The topological polar surface area (TPSA) is 67.0 Å². The molecular weight excluding hydrogens is 221 g/mol. The Morgan fingerprint density at radius 2 is 2.07 bits per heavy atom. The van der Waals surface area contributed by atoms with E-state index in [1.807, 2.05) is 0 Å². The minimum atomic E-state index is -4.73. The maximum Gasteiger partial charge on any atom is 0.334 e. The van der Waals surface area contributed by atoms with Crippen molar-refractivity contribution in [3.05, 3.63) is 30.0 Å². The molecule has 0 unspecified atom stereocenters. The van der Waals surface area contributed by atoms with Crippen molar-refractivity contribution in [2.45, 2.75) is 4.90 Å². The third kappa shape index (κ3) is 1.63. The van der Waals surface area contributed by atoms with Crippen LogP contribution < -0.4 is 0 Å². The molecule has 0 saturated heterocycles. The zero-order valence-electron chi connectivity index (χ0n) is 7.40. The molecule has 0 saturated carbocycles. The Bertz CT molecular complexity index is 630. The van der Waals surface area contributed by atoms with Crippen LogP contribution >= 0.6 is 0 Å². The number of halogens is 1. The van der Waals surface area contributed by atoms with E-state index in [4.69, 9.17) is 0 Å². The van der Waals surface area contributed by atoms with Crippen LogP contribution in [0.1, 0.15) is 10.4 Å². The number of aromatic nitrogens is 1. The molecule has 4 nitrogen and oxygen atoms in total. The average Bonchev–Trinajstić information content (AvgIpc) is 2.59. The zero-order valence-corrected chi connectivity index (χ0v) is 8.21. The molecule has 1 aromatic carbocycles. The summed E-state index contributed by atoms with van der Waals surface area (Å²) in [5.41, 5.74) is 0.808. The number of rotatable bonds is 2. The molecule has 15 heavy (non-hydrogen) atoms. The maximum absolute atomic E-state index is 12.7. The van der Waals surface area contributed by atoms with Crippen LogP contribution in [-0.4, -0.2) is 19.7 Å². The molecule has 1 N–H and O–H groups in total. The molecule has 1 heterocycles. The van der Waals surface area contributed by atoms with Gasteiger partial charge in [0.1, 0.15) is 11.2 Å². The Labute approximate surface area is 84.9 Å². The lowest BCUT2D eigenvalue weighted by Crippen LogP contribution is -1.89. The van der Waals surface area contributed by atoms with E-state index < -0.39 is 15.1 Å². The summed E-state index contributed by atoms with van der Waals surface area (Å²) in [5.74, 6) is 0. The number of H-pyrrole nitrogens is 1. The first-order chi connectivity index (χ1) is 7.02. The quantitative estimate of drug-likeness (QED) is 0.626. The molecule has 0 spiro atoms. The van der Waals surface area contributed by atoms with Crippen LogP contribution in [0.3, 0.4) is 0 Å². The van der Waals surface area contributed by atoms with Gasteiger partial charge in [-0.1, -0.05) is 12.1 Å². The molecule has 0 aliphatic rings. The van der Waals surface area contributed by atoms with Gasteiger partial charge in [0.05, 0.1) is 0 Å². The Morgan fingerprint density at radius 3 is 2.67 bits per heavy atom. The van der Waals surface area contributed by atoms with E-state index in [2.05, 4.69) is 4.98 Å². The molecule has 0 bridgehead atoms. The number of fused-ring (bicyclic) bond motifs is 1. The number of hydrogen-bond acceptors (Lipinski definition) is 3. The van der Waals surface area contributed by atoms with Gasteiger partial charge in [-0.25, -0.2) is 0 Å². The largest absolute Gasteiger partial charge is 0.360 e. The van der Waals surface area contributed by atoms with Gasteiger partial charge < -0.3 is 4.98 Å². The predicted molar refractivity (Wildman–Crippen MR) is 52.0 cm³/mol. The lowest BCUT2D eigenvalue weighted by Gasteiger charge is -1.93. The molecule has 6 heteroatoms. The number of carbonyl (C=O) groups excluding carboxylic acids is 1. The second-order valence-electron chi connectivity index (χ2n) is 3.01. The number of nitrogens with one attached hydrogen (secondary N) is 1. The van der Waals surface area contributed by atoms with E-state index >= 15 is 0 Å². The Morgan fingerprint density at radius 1 is 1.33 bits per heavy atom. The van der Waals surface area contributed by atoms with Crippen LogP contribution in [0.4, 0.5) is 3.89 Å². The van der Waals surface area contributed by atoms with Crippen molar-refractivity contribution >= 4 is 27.4 Å². The van der Waals surface area contributed by atoms with Crippen molar-refractivity contribution in [3.63, 3.8) is 0 Å². The first-order valence-corrected chi connectivity index (χ1v) is 5.42. The summed E-state index contributed by atoms with van der Waals surface area (Å²) < 4.78 is 34.2. The van der Waals surface area contributed by atoms with Gasteiger partial charge >= 0.3 is 10.2 Å². The highest BCUT2D eigenvalue weighted by molar-refractivity contribution is 7.86. The average molecular weight is 227 g/mol. The van der Waals surface area contributed by atoms with Crippen molar-refractivity contribution in [3.8, 4) is 0 Å². The normalized spacial score (nSPS) is 11.8. The second-order valence-corrected chi connectivity index (χ2v) is 4.33. The van der Waals surface area contributed by atoms with Crippen LogP contribution in [0.5, 0.6) is 0 Å². The maximum atomic E-state index is 12.7. The minimum absolute atomic E-state index is 0.239. The van der Waals surface area contributed by atoms with Crippen LogP contribution in [0.2, 0.25) is 0 Å². The Kier molecular flexibility index (Phi) is 2.08. The summed E-state index contributed by atoms with van der Waals surface area (Å²) in [6, 6.07) is 4.27. The lowest BCUT2D eigenvalue weighted by atomic mass is 10.2.